The molecule has 4 heteroatoms. The summed E-state index contributed by atoms with van der Waals surface area (Å²) in [6, 6.07) is 11.4. The van der Waals surface area contributed by atoms with Gasteiger partial charge in [0.2, 0.25) is 5.88 Å². The first-order valence-corrected chi connectivity index (χ1v) is 6.72. The number of aryl methyl sites for hydroxylation is 2. The average molecular weight is 265 g/mol. The lowest BCUT2D eigenvalue weighted by Crippen LogP contribution is -2.02. The Morgan fingerprint density at radius 1 is 1.10 bits per heavy atom. The molecule has 0 aliphatic heterocycles. The zero-order chi connectivity index (χ0) is 13.9. The van der Waals surface area contributed by atoms with Crippen molar-refractivity contribution in [3.8, 4) is 17.7 Å². The van der Waals surface area contributed by atoms with Gasteiger partial charge in [-0.25, -0.2) is 4.98 Å². The molecule has 0 unspecified atom stereocenters. The first kappa shape index (κ1) is 12.5. The van der Waals surface area contributed by atoms with Gasteiger partial charge in [-0.05, 0) is 55.0 Å². The molecular formula is C16H15N3O. The number of nitrogens with zero attached hydrogens (tertiary/aromatic N) is 2. The fourth-order valence-corrected chi connectivity index (χ4v) is 2.49. The largest absolute Gasteiger partial charge is 0.439 e. The third-order valence-corrected chi connectivity index (χ3v) is 3.55. The van der Waals surface area contributed by atoms with Crippen LogP contribution in [0.15, 0.2) is 30.3 Å². The van der Waals surface area contributed by atoms with E-state index in [0.717, 1.165) is 18.6 Å². The molecule has 2 aromatic rings. The summed E-state index contributed by atoms with van der Waals surface area (Å²) in [6.07, 6.45) is 4.74. The molecule has 0 fully saturated rings. The summed E-state index contributed by atoms with van der Waals surface area (Å²) in [5.41, 5.74) is 8.97. The molecule has 0 saturated heterocycles. The lowest BCUT2D eigenvalue weighted by molar-refractivity contribution is 0.461. The van der Waals surface area contributed by atoms with Gasteiger partial charge in [-0.3, -0.25) is 0 Å². The van der Waals surface area contributed by atoms with Crippen LogP contribution in [0.5, 0.6) is 11.6 Å². The van der Waals surface area contributed by atoms with Crippen LogP contribution in [0, 0.1) is 11.3 Å². The van der Waals surface area contributed by atoms with Crippen molar-refractivity contribution >= 4 is 5.69 Å². The number of hydrogen-bond acceptors (Lipinski definition) is 4. The van der Waals surface area contributed by atoms with Crippen LogP contribution in [-0.4, -0.2) is 4.98 Å². The molecule has 0 saturated carbocycles. The summed E-state index contributed by atoms with van der Waals surface area (Å²) in [5, 5.41) is 8.92. The van der Waals surface area contributed by atoms with E-state index in [-0.39, 0.29) is 5.69 Å². The first-order chi connectivity index (χ1) is 9.76. The van der Waals surface area contributed by atoms with Crippen molar-refractivity contribution in [2.45, 2.75) is 25.7 Å². The zero-order valence-corrected chi connectivity index (χ0v) is 11.1. The van der Waals surface area contributed by atoms with E-state index in [1.165, 1.54) is 24.0 Å². The number of nitrogen functional groups attached to an aromatic ring is 1. The van der Waals surface area contributed by atoms with Gasteiger partial charge in [0.15, 0.2) is 5.69 Å². The Balaban J connectivity index is 1.86. The minimum Gasteiger partial charge on any atom is -0.439 e. The number of ether oxygens (including phenoxy) is 1. The summed E-state index contributed by atoms with van der Waals surface area (Å²) in [6.45, 7) is 0. The van der Waals surface area contributed by atoms with Gasteiger partial charge in [-0.2, -0.15) is 5.26 Å². The molecule has 100 valence electrons. The second-order valence-electron chi connectivity index (χ2n) is 4.94. The maximum absolute atomic E-state index is 8.92. The second-order valence-corrected chi connectivity index (χ2v) is 4.94. The molecule has 1 aromatic heterocycles. The van der Waals surface area contributed by atoms with Crippen LogP contribution in [0.1, 0.15) is 29.7 Å². The van der Waals surface area contributed by atoms with E-state index in [2.05, 4.69) is 17.1 Å². The molecule has 0 atom stereocenters. The highest BCUT2D eigenvalue weighted by atomic mass is 16.5. The van der Waals surface area contributed by atoms with Gasteiger partial charge < -0.3 is 10.5 Å². The fourth-order valence-electron chi connectivity index (χ4n) is 2.49. The topological polar surface area (TPSA) is 71.9 Å². The summed E-state index contributed by atoms with van der Waals surface area (Å²) in [5.74, 6) is 1.15. The lowest BCUT2D eigenvalue weighted by Gasteiger charge is -2.16. The predicted molar refractivity (Wildman–Crippen MR) is 76.5 cm³/mol. The number of hydrogen-bond donors (Lipinski definition) is 1. The van der Waals surface area contributed by atoms with E-state index in [1.807, 2.05) is 12.1 Å². The number of aromatic nitrogens is 1. The van der Waals surface area contributed by atoms with E-state index >= 15 is 0 Å². The molecule has 0 radical (unpaired) electrons. The smallest absolute Gasteiger partial charge is 0.220 e. The van der Waals surface area contributed by atoms with E-state index in [4.69, 9.17) is 15.7 Å². The Morgan fingerprint density at radius 3 is 2.70 bits per heavy atom. The van der Waals surface area contributed by atoms with Crippen molar-refractivity contribution < 1.29 is 4.74 Å². The van der Waals surface area contributed by atoms with Gasteiger partial charge in [-0.1, -0.05) is 6.07 Å². The van der Waals surface area contributed by atoms with E-state index < -0.39 is 0 Å². The molecule has 0 bridgehead atoms. The van der Waals surface area contributed by atoms with Gasteiger partial charge in [0.1, 0.15) is 11.8 Å². The zero-order valence-electron chi connectivity index (χ0n) is 11.1. The summed E-state index contributed by atoms with van der Waals surface area (Å²) in [7, 11) is 0. The summed E-state index contributed by atoms with van der Waals surface area (Å²) < 4.78 is 5.72. The van der Waals surface area contributed by atoms with Crippen molar-refractivity contribution in [2.24, 2.45) is 0 Å². The first-order valence-electron chi connectivity index (χ1n) is 6.72. The van der Waals surface area contributed by atoms with Crippen molar-refractivity contribution in [1.29, 1.82) is 5.26 Å². The fraction of sp³-hybridized carbons (Fsp3) is 0.250. The van der Waals surface area contributed by atoms with Crippen molar-refractivity contribution in [1.82, 2.24) is 4.98 Å². The monoisotopic (exact) mass is 265 g/mol. The Hall–Kier alpha value is -2.54. The average Bonchev–Trinajstić information content (AvgIpc) is 2.49. The molecule has 1 aliphatic rings. The predicted octanol–water partition coefficient (Wildman–Crippen LogP) is 3.21. The minimum absolute atomic E-state index is 0.195. The molecule has 2 N–H and O–H groups in total. The second kappa shape index (κ2) is 5.22. The molecular weight excluding hydrogens is 250 g/mol. The number of fused-ring (bicyclic) bond motifs is 1. The number of benzene rings is 1. The van der Waals surface area contributed by atoms with Crippen LogP contribution < -0.4 is 10.5 Å². The van der Waals surface area contributed by atoms with Crippen LogP contribution >= 0.6 is 0 Å². The molecule has 1 aliphatic carbocycles. The van der Waals surface area contributed by atoms with Gasteiger partial charge in [-0.15, -0.1) is 0 Å². The van der Waals surface area contributed by atoms with Crippen LogP contribution in [0.25, 0.3) is 0 Å². The number of anilines is 1. The molecule has 0 spiro atoms. The third kappa shape index (κ3) is 2.43. The van der Waals surface area contributed by atoms with Crippen LogP contribution in [0.4, 0.5) is 5.69 Å². The van der Waals surface area contributed by atoms with Gasteiger partial charge >= 0.3 is 0 Å². The Morgan fingerprint density at radius 2 is 1.90 bits per heavy atom. The van der Waals surface area contributed by atoms with Crippen LogP contribution in [-0.2, 0) is 12.8 Å². The van der Waals surface area contributed by atoms with Crippen molar-refractivity contribution in [3.05, 3.63) is 47.2 Å². The maximum Gasteiger partial charge on any atom is 0.220 e. The summed E-state index contributed by atoms with van der Waals surface area (Å²) >= 11 is 0. The van der Waals surface area contributed by atoms with Crippen molar-refractivity contribution in [3.63, 3.8) is 0 Å². The van der Waals surface area contributed by atoms with Crippen LogP contribution in [0.3, 0.4) is 0 Å². The standard InChI is InChI=1S/C16H15N3O/c17-10-15-14(18)7-8-16(19-15)20-13-6-5-11-3-1-2-4-12(11)9-13/h5-9H,1-4,18H2. The summed E-state index contributed by atoms with van der Waals surface area (Å²) in [4.78, 5) is 4.09. The highest BCUT2D eigenvalue weighted by molar-refractivity contribution is 5.51. The SMILES string of the molecule is N#Cc1nc(Oc2ccc3c(c2)CCCC3)ccc1N. The highest BCUT2D eigenvalue weighted by Gasteiger charge is 2.11. The molecule has 0 amide bonds. The van der Waals surface area contributed by atoms with Crippen LogP contribution in [0.2, 0.25) is 0 Å². The van der Waals surface area contributed by atoms with E-state index in [1.54, 1.807) is 12.1 Å². The Kier molecular flexibility index (Phi) is 3.26. The quantitative estimate of drug-likeness (QED) is 0.905. The maximum atomic E-state index is 8.92. The molecule has 1 aromatic carbocycles. The lowest BCUT2D eigenvalue weighted by atomic mass is 9.92. The van der Waals surface area contributed by atoms with E-state index in [9.17, 15) is 0 Å². The van der Waals surface area contributed by atoms with Gasteiger partial charge in [0.05, 0.1) is 5.69 Å². The molecule has 3 rings (SSSR count). The number of pyridine rings is 1. The highest BCUT2D eigenvalue weighted by Crippen LogP contribution is 2.28. The normalized spacial score (nSPS) is 13.3. The van der Waals surface area contributed by atoms with Gasteiger partial charge in [0.25, 0.3) is 0 Å². The Bertz CT molecular complexity index is 689. The molecule has 20 heavy (non-hydrogen) atoms. The van der Waals surface area contributed by atoms with E-state index in [0.29, 0.717) is 11.6 Å². The molecule has 1 heterocycles. The number of nitriles is 1. The minimum atomic E-state index is 0.195. The van der Waals surface area contributed by atoms with Gasteiger partial charge in [0, 0.05) is 6.07 Å². The number of nitrogens with two attached hydrogens (primary N) is 1. The van der Waals surface area contributed by atoms with Crippen molar-refractivity contribution in [2.75, 3.05) is 5.73 Å². The Labute approximate surface area is 117 Å². The number of rotatable bonds is 2. The molecule has 4 nitrogen and oxygen atoms in total. The third-order valence-electron chi connectivity index (χ3n) is 3.55.